The minimum Gasteiger partial charge on any atom is -0.497 e. The molecule has 27 heavy (non-hydrogen) atoms. The number of ether oxygens (including phenoxy) is 2. The van der Waals surface area contributed by atoms with Gasteiger partial charge in [-0.15, -0.1) is 0 Å². The van der Waals surface area contributed by atoms with E-state index in [-0.39, 0.29) is 11.3 Å². The smallest absolute Gasteiger partial charge is 0.308 e. The lowest BCUT2D eigenvalue weighted by atomic mass is 9.72. The average molecular weight is 371 g/mol. The van der Waals surface area contributed by atoms with Crippen LogP contribution in [0.15, 0.2) is 30.5 Å². The third-order valence-corrected chi connectivity index (χ3v) is 6.00. The van der Waals surface area contributed by atoms with Crippen molar-refractivity contribution in [3.8, 4) is 17.0 Å². The van der Waals surface area contributed by atoms with Crippen LogP contribution < -0.4 is 4.74 Å². The number of nitrogens with one attached hydrogen (secondary N) is 1. The van der Waals surface area contributed by atoms with Crippen LogP contribution in [-0.2, 0) is 16.1 Å². The molecule has 0 bridgehead atoms. The summed E-state index contributed by atoms with van der Waals surface area (Å²) in [6.07, 6.45) is 3.47. The van der Waals surface area contributed by atoms with Crippen LogP contribution >= 0.6 is 0 Å². The summed E-state index contributed by atoms with van der Waals surface area (Å²) in [5, 5.41) is 17.1. The zero-order valence-corrected chi connectivity index (χ0v) is 15.5. The number of benzene rings is 1. The van der Waals surface area contributed by atoms with Gasteiger partial charge in [0.05, 0.1) is 24.9 Å². The number of H-pyrrole nitrogens is 1. The Labute approximate surface area is 158 Å². The summed E-state index contributed by atoms with van der Waals surface area (Å²) in [6, 6.07) is 7.85. The molecule has 3 heterocycles. The van der Waals surface area contributed by atoms with Gasteiger partial charge in [-0.25, -0.2) is 0 Å². The molecule has 1 unspecified atom stereocenters. The third kappa shape index (κ3) is 3.44. The highest BCUT2D eigenvalue weighted by molar-refractivity contribution is 5.72. The van der Waals surface area contributed by atoms with Crippen molar-refractivity contribution in [3.63, 3.8) is 0 Å². The van der Waals surface area contributed by atoms with Gasteiger partial charge in [0.1, 0.15) is 5.75 Å². The van der Waals surface area contributed by atoms with Crippen molar-refractivity contribution in [3.05, 3.63) is 36.0 Å². The fourth-order valence-electron chi connectivity index (χ4n) is 4.50. The van der Waals surface area contributed by atoms with Gasteiger partial charge in [-0.3, -0.25) is 14.8 Å². The Bertz CT molecular complexity index is 796. The molecule has 7 nitrogen and oxygen atoms in total. The second kappa shape index (κ2) is 7.32. The zero-order chi connectivity index (χ0) is 18.9. The topological polar surface area (TPSA) is 87.7 Å². The lowest BCUT2D eigenvalue weighted by molar-refractivity contribution is -0.147. The molecule has 1 aromatic heterocycles. The number of hydrogen-bond donors (Lipinski definition) is 2. The number of methoxy groups -OCH3 is 1. The van der Waals surface area contributed by atoms with Crippen molar-refractivity contribution in [1.29, 1.82) is 0 Å². The lowest BCUT2D eigenvalue weighted by Gasteiger charge is -2.36. The molecule has 7 heteroatoms. The van der Waals surface area contributed by atoms with Gasteiger partial charge in [0, 0.05) is 49.4 Å². The molecule has 144 valence electrons. The van der Waals surface area contributed by atoms with Crippen molar-refractivity contribution in [2.75, 3.05) is 33.4 Å². The molecule has 2 saturated heterocycles. The van der Waals surface area contributed by atoms with Crippen molar-refractivity contribution in [2.45, 2.75) is 19.4 Å². The quantitative estimate of drug-likeness (QED) is 0.839. The molecule has 0 radical (unpaired) electrons. The van der Waals surface area contributed by atoms with Crippen LogP contribution in [0.2, 0.25) is 0 Å². The van der Waals surface area contributed by atoms with Crippen LogP contribution in [0.3, 0.4) is 0 Å². The van der Waals surface area contributed by atoms with Gasteiger partial charge >= 0.3 is 5.97 Å². The predicted molar refractivity (Wildman–Crippen MR) is 99.5 cm³/mol. The summed E-state index contributed by atoms with van der Waals surface area (Å²) < 4.78 is 10.7. The molecule has 0 saturated carbocycles. The summed E-state index contributed by atoms with van der Waals surface area (Å²) in [5.74, 6) is -0.218. The number of aromatic amines is 1. The van der Waals surface area contributed by atoms with Crippen LogP contribution in [0, 0.1) is 11.3 Å². The van der Waals surface area contributed by atoms with E-state index in [0.29, 0.717) is 26.3 Å². The first kappa shape index (κ1) is 18.0. The number of nitrogens with zero attached hydrogens (tertiary/aromatic N) is 2. The number of aliphatic carboxylic acids is 1. The number of hydrogen-bond acceptors (Lipinski definition) is 5. The molecular weight excluding hydrogens is 346 g/mol. The molecule has 2 N–H and O–H groups in total. The Kier molecular flexibility index (Phi) is 4.88. The van der Waals surface area contributed by atoms with Gasteiger partial charge in [0.25, 0.3) is 0 Å². The van der Waals surface area contributed by atoms with E-state index < -0.39 is 5.97 Å². The van der Waals surface area contributed by atoms with Gasteiger partial charge in [0.2, 0.25) is 0 Å². The molecule has 0 amide bonds. The molecule has 1 atom stereocenters. The highest BCUT2D eigenvalue weighted by Gasteiger charge is 2.50. The average Bonchev–Trinajstić information content (AvgIpc) is 3.28. The monoisotopic (exact) mass is 371 g/mol. The Morgan fingerprint density at radius 3 is 2.78 bits per heavy atom. The van der Waals surface area contributed by atoms with E-state index in [1.807, 2.05) is 30.5 Å². The van der Waals surface area contributed by atoms with Gasteiger partial charge in [-0.05, 0) is 37.1 Å². The standard InChI is InChI=1S/C20H25N3O4/c1-26-16-4-2-14(3-5-16)18-15(10-21-22-18)11-23-12-17(19(24)25)20(13-23)6-8-27-9-7-20/h2-5,10,17H,6-9,11-13H2,1H3,(H,21,22)(H,24,25). The van der Waals surface area contributed by atoms with Crippen molar-refractivity contribution in [1.82, 2.24) is 15.1 Å². The van der Waals surface area contributed by atoms with E-state index in [1.54, 1.807) is 7.11 Å². The largest absolute Gasteiger partial charge is 0.497 e. The number of aromatic nitrogens is 2. The first-order valence-corrected chi connectivity index (χ1v) is 9.31. The molecule has 2 aliphatic rings. The Hall–Kier alpha value is -2.38. The maximum Gasteiger partial charge on any atom is 0.308 e. The molecule has 1 spiro atoms. The second-order valence-electron chi connectivity index (χ2n) is 7.53. The Morgan fingerprint density at radius 1 is 1.37 bits per heavy atom. The van der Waals surface area contributed by atoms with E-state index in [4.69, 9.17) is 9.47 Å². The Balaban J connectivity index is 1.53. The zero-order valence-electron chi connectivity index (χ0n) is 15.5. The van der Waals surface area contributed by atoms with Crippen LogP contribution in [0.4, 0.5) is 0 Å². The van der Waals surface area contributed by atoms with Crippen molar-refractivity contribution in [2.24, 2.45) is 11.3 Å². The second-order valence-corrected chi connectivity index (χ2v) is 7.53. The van der Waals surface area contributed by atoms with Crippen molar-refractivity contribution >= 4 is 5.97 Å². The van der Waals surface area contributed by atoms with E-state index in [0.717, 1.165) is 42.0 Å². The summed E-state index contributed by atoms with van der Waals surface area (Å²) in [4.78, 5) is 14.1. The lowest BCUT2D eigenvalue weighted by Crippen LogP contribution is -2.40. The summed E-state index contributed by atoms with van der Waals surface area (Å²) >= 11 is 0. The number of carbonyl (C=O) groups is 1. The third-order valence-electron chi connectivity index (χ3n) is 6.00. The minimum absolute atomic E-state index is 0.173. The molecular formula is C20H25N3O4. The number of likely N-dealkylation sites (tertiary alicyclic amines) is 1. The predicted octanol–water partition coefficient (Wildman–Crippen LogP) is 2.40. The molecule has 2 aromatic rings. The fraction of sp³-hybridized carbons (Fsp3) is 0.500. The first-order chi connectivity index (χ1) is 13.1. The normalized spacial score (nSPS) is 22.2. The number of carboxylic acids is 1. The number of carboxylic acid groups (broad SMARTS) is 1. The van der Waals surface area contributed by atoms with Gasteiger partial charge in [-0.1, -0.05) is 0 Å². The molecule has 2 fully saturated rings. The van der Waals surface area contributed by atoms with E-state index in [9.17, 15) is 9.90 Å². The molecule has 4 rings (SSSR count). The van der Waals surface area contributed by atoms with Crippen LogP contribution in [0.5, 0.6) is 5.75 Å². The van der Waals surface area contributed by atoms with Crippen LogP contribution in [0.25, 0.3) is 11.3 Å². The minimum atomic E-state index is -0.693. The number of rotatable bonds is 5. The summed E-state index contributed by atoms with van der Waals surface area (Å²) in [6.45, 7) is 3.36. The van der Waals surface area contributed by atoms with E-state index >= 15 is 0 Å². The maximum absolute atomic E-state index is 11.9. The first-order valence-electron chi connectivity index (χ1n) is 9.31. The van der Waals surface area contributed by atoms with E-state index in [1.165, 1.54) is 0 Å². The highest BCUT2D eigenvalue weighted by atomic mass is 16.5. The van der Waals surface area contributed by atoms with Crippen LogP contribution in [-0.4, -0.2) is 59.6 Å². The summed E-state index contributed by atoms with van der Waals surface area (Å²) in [7, 11) is 1.65. The van der Waals surface area contributed by atoms with Crippen molar-refractivity contribution < 1.29 is 19.4 Å². The molecule has 0 aliphatic carbocycles. The Morgan fingerprint density at radius 2 is 2.11 bits per heavy atom. The fourth-order valence-corrected chi connectivity index (χ4v) is 4.50. The van der Waals surface area contributed by atoms with E-state index in [2.05, 4.69) is 15.1 Å². The van der Waals surface area contributed by atoms with Gasteiger partial charge < -0.3 is 14.6 Å². The SMILES string of the molecule is COc1ccc(-c2[nH]ncc2CN2CC(C(=O)O)C3(CCOCC3)C2)cc1. The van der Waals surface area contributed by atoms with Gasteiger partial charge in [-0.2, -0.15) is 5.10 Å². The van der Waals surface area contributed by atoms with Crippen LogP contribution in [0.1, 0.15) is 18.4 Å². The molecule has 2 aliphatic heterocycles. The molecule has 1 aromatic carbocycles. The van der Waals surface area contributed by atoms with Gasteiger partial charge in [0.15, 0.2) is 0 Å². The maximum atomic E-state index is 11.9. The highest BCUT2D eigenvalue weighted by Crippen LogP contribution is 2.45. The summed E-state index contributed by atoms with van der Waals surface area (Å²) in [5.41, 5.74) is 2.91.